The normalized spacial score (nSPS) is 11.7. The minimum Gasteiger partial charge on any atom is -0.305 e. The van der Waals surface area contributed by atoms with Crippen molar-refractivity contribution >= 4 is 56.5 Å². The van der Waals surface area contributed by atoms with Crippen molar-refractivity contribution in [1.29, 1.82) is 0 Å². The highest BCUT2D eigenvalue weighted by molar-refractivity contribution is 9.10. The Hall–Kier alpha value is -2.69. The van der Waals surface area contributed by atoms with Gasteiger partial charge in [-0.05, 0) is 30.3 Å². The van der Waals surface area contributed by atoms with E-state index >= 15 is 0 Å². The van der Waals surface area contributed by atoms with Gasteiger partial charge in [0.25, 0.3) is 5.91 Å². The Kier molecular flexibility index (Phi) is 5.63. The summed E-state index contributed by atoms with van der Waals surface area (Å²) in [5.41, 5.74) is -1.39. The number of anilines is 1. The molecule has 1 aromatic carbocycles. The highest BCUT2D eigenvalue weighted by Crippen LogP contribution is 2.35. The van der Waals surface area contributed by atoms with Crippen LogP contribution in [0, 0.1) is 0 Å². The lowest BCUT2D eigenvalue weighted by Gasteiger charge is -2.11. The van der Waals surface area contributed by atoms with Crippen molar-refractivity contribution in [2.24, 2.45) is 0 Å². The highest BCUT2D eigenvalue weighted by atomic mass is 79.9. The first kappa shape index (κ1) is 21.5. The summed E-state index contributed by atoms with van der Waals surface area (Å²) in [6.07, 6.45) is -3.47. The third kappa shape index (κ3) is 4.36. The zero-order valence-electron chi connectivity index (χ0n) is 15.1. The lowest BCUT2D eigenvalue weighted by Crippen LogP contribution is -2.16. The second-order valence-corrected chi connectivity index (χ2v) is 7.98. The summed E-state index contributed by atoms with van der Waals surface area (Å²) in [5, 5.41) is 6.21. The average molecular weight is 531 g/mol. The lowest BCUT2D eigenvalue weighted by atomic mass is 10.1. The van der Waals surface area contributed by atoms with Crippen LogP contribution in [0.4, 0.5) is 19.0 Å². The van der Waals surface area contributed by atoms with Gasteiger partial charge in [-0.3, -0.25) is 4.79 Å². The molecule has 0 saturated heterocycles. The number of carbonyl (C=O) groups excluding carboxylic acids is 1. The molecule has 0 bridgehead atoms. The largest absolute Gasteiger partial charge is 0.433 e. The number of alkyl halides is 3. The van der Waals surface area contributed by atoms with Crippen molar-refractivity contribution < 1.29 is 18.0 Å². The molecule has 31 heavy (non-hydrogen) atoms. The number of pyridine rings is 1. The molecule has 158 valence electrons. The van der Waals surface area contributed by atoms with Crippen LogP contribution in [0.25, 0.3) is 16.9 Å². The summed E-state index contributed by atoms with van der Waals surface area (Å²) in [6, 6.07) is 10.3. The van der Waals surface area contributed by atoms with E-state index in [9.17, 15) is 18.0 Å². The van der Waals surface area contributed by atoms with Crippen LogP contribution in [0.2, 0.25) is 10.0 Å². The van der Waals surface area contributed by atoms with E-state index in [1.807, 2.05) is 0 Å². The van der Waals surface area contributed by atoms with Crippen LogP contribution in [0.1, 0.15) is 16.2 Å². The summed E-state index contributed by atoms with van der Waals surface area (Å²) in [6.45, 7) is 0. The Labute approximate surface area is 191 Å². The van der Waals surface area contributed by atoms with Gasteiger partial charge < -0.3 is 5.32 Å². The molecule has 4 aromatic rings. The number of benzene rings is 1. The van der Waals surface area contributed by atoms with Crippen LogP contribution >= 0.6 is 39.1 Å². The second kappa shape index (κ2) is 8.10. The van der Waals surface area contributed by atoms with Gasteiger partial charge in [-0.2, -0.15) is 18.3 Å². The number of hydrogen-bond acceptors (Lipinski definition) is 4. The molecule has 12 heteroatoms. The van der Waals surface area contributed by atoms with E-state index < -0.39 is 23.5 Å². The number of rotatable bonds is 3. The fourth-order valence-electron chi connectivity index (χ4n) is 2.73. The van der Waals surface area contributed by atoms with Crippen molar-refractivity contribution in [2.45, 2.75) is 6.18 Å². The van der Waals surface area contributed by atoms with Crippen LogP contribution in [-0.4, -0.2) is 25.5 Å². The molecule has 0 aliphatic carbocycles. The summed E-state index contributed by atoms with van der Waals surface area (Å²) in [4.78, 5) is 20.7. The monoisotopic (exact) mass is 529 g/mol. The van der Waals surface area contributed by atoms with Crippen LogP contribution in [0.3, 0.4) is 0 Å². The van der Waals surface area contributed by atoms with E-state index in [2.05, 4.69) is 36.3 Å². The van der Waals surface area contributed by atoms with E-state index in [-0.39, 0.29) is 22.2 Å². The zero-order chi connectivity index (χ0) is 22.3. The molecule has 0 atom stereocenters. The molecule has 0 fully saturated rings. The third-order valence-corrected chi connectivity index (χ3v) is 5.25. The zero-order valence-corrected chi connectivity index (χ0v) is 18.2. The maximum absolute atomic E-state index is 13.7. The van der Waals surface area contributed by atoms with Gasteiger partial charge in [-0.1, -0.05) is 51.3 Å². The van der Waals surface area contributed by atoms with Crippen LogP contribution < -0.4 is 5.32 Å². The number of aromatic nitrogens is 4. The molecule has 0 spiro atoms. The van der Waals surface area contributed by atoms with Gasteiger partial charge in [0.15, 0.2) is 17.0 Å². The lowest BCUT2D eigenvalue weighted by molar-refractivity contribution is -0.142. The predicted molar refractivity (Wildman–Crippen MR) is 113 cm³/mol. The van der Waals surface area contributed by atoms with E-state index in [1.54, 1.807) is 24.3 Å². The van der Waals surface area contributed by atoms with Gasteiger partial charge in [-0.25, -0.2) is 14.5 Å². The first-order valence-corrected chi connectivity index (χ1v) is 10.0. The van der Waals surface area contributed by atoms with Gasteiger partial charge in [0.2, 0.25) is 0 Å². The quantitative estimate of drug-likeness (QED) is 0.346. The van der Waals surface area contributed by atoms with E-state index in [0.717, 1.165) is 10.5 Å². The van der Waals surface area contributed by atoms with Gasteiger partial charge in [0.05, 0.1) is 10.7 Å². The van der Waals surface area contributed by atoms with Crippen molar-refractivity contribution in [1.82, 2.24) is 19.6 Å². The topological polar surface area (TPSA) is 72.2 Å². The van der Waals surface area contributed by atoms with Crippen LogP contribution in [0.5, 0.6) is 0 Å². The summed E-state index contributed by atoms with van der Waals surface area (Å²) in [5.74, 6) is -0.717. The molecule has 4 rings (SSSR count). The summed E-state index contributed by atoms with van der Waals surface area (Å²) in [7, 11) is 0. The van der Waals surface area contributed by atoms with Crippen molar-refractivity contribution in [3.8, 4) is 11.3 Å². The molecule has 1 amide bonds. The predicted octanol–water partition coefficient (Wildman–Crippen LogP) is 6.13. The number of nitrogens with zero attached hydrogens (tertiary/aromatic N) is 4. The number of halogens is 6. The molecule has 6 nitrogen and oxygen atoms in total. The molecule has 0 aliphatic heterocycles. The smallest absolute Gasteiger partial charge is 0.305 e. The fourth-order valence-corrected chi connectivity index (χ4v) is 3.35. The number of fused-ring (bicyclic) bond motifs is 1. The number of amides is 1. The average Bonchev–Trinajstić information content (AvgIpc) is 3.05. The Morgan fingerprint density at radius 3 is 2.42 bits per heavy atom. The standard InChI is InChI=1S/C19H9BrCl2F3N5O/c20-10-3-1-9(2-4-10)12-7-13(19(23,24)25)30-17(27-12)15(22)16(29-30)18(31)28-14-6-5-11(21)8-26-14/h1-8H,(H,26,28,31). The molecule has 3 heterocycles. The van der Waals surface area contributed by atoms with Crippen LogP contribution in [-0.2, 0) is 6.18 Å². The van der Waals surface area contributed by atoms with Crippen molar-refractivity contribution in [2.75, 3.05) is 5.32 Å². The van der Waals surface area contributed by atoms with E-state index in [0.29, 0.717) is 15.1 Å². The molecule has 0 unspecified atom stereocenters. The van der Waals surface area contributed by atoms with Crippen LogP contribution in [0.15, 0.2) is 53.1 Å². The van der Waals surface area contributed by atoms with Crippen molar-refractivity contribution in [3.05, 3.63) is 74.6 Å². The number of carbonyl (C=O) groups is 1. The summed E-state index contributed by atoms with van der Waals surface area (Å²) >= 11 is 15.2. The first-order chi connectivity index (χ1) is 14.6. The Bertz CT molecular complexity index is 1290. The fraction of sp³-hybridized carbons (Fsp3) is 0.0526. The first-order valence-electron chi connectivity index (χ1n) is 8.49. The van der Waals surface area contributed by atoms with E-state index in [1.165, 1.54) is 18.3 Å². The molecule has 0 aliphatic rings. The third-order valence-electron chi connectivity index (χ3n) is 4.15. The number of hydrogen-bond donors (Lipinski definition) is 1. The molecule has 3 aromatic heterocycles. The molecular formula is C19H9BrCl2F3N5O. The molecular weight excluding hydrogens is 522 g/mol. The Balaban J connectivity index is 1.83. The Morgan fingerprint density at radius 2 is 1.81 bits per heavy atom. The molecule has 1 N–H and O–H groups in total. The maximum Gasteiger partial charge on any atom is 0.433 e. The number of nitrogens with one attached hydrogen (secondary N) is 1. The van der Waals surface area contributed by atoms with Gasteiger partial charge >= 0.3 is 6.18 Å². The SMILES string of the molecule is O=C(Nc1ccc(Cl)cn1)c1nn2c(C(F)(F)F)cc(-c3ccc(Br)cc3)nc2c1Cl. The molecule has 0 radical (unpaired) electrons. The van der Waals surface area contributed by atoms with Gasteiger partial charge in [0, 0.05) is 16.2 Å². The minimum absolute atomic E-state index is 0.0282. The summed E-state index contributed by atoms with van der Waals surface area (Å²) < 4.78 is 42.5. The van der Waals surface area contributed by atoms with Crippen molar-refractivity contribution in [3.63, 3.8) is 0 Å². The highest BCUT2D eigenvalue weighted by Gasteiger charge is 2.36. The maximum atomic E-state index is 13.7. The van der Waals surface area contributed by atoms with Gasteiger partial charge in [-0.15, -0.1) is 0 Å². The van der Waals surface area contributed by atoms with E-state index in [4.69, 9.17) is 23.2 Å². The second-order valence-electron chi connectivity index (χ2n) is 6.25. The molecule has 0 saturated carbocycles. The van der Waals surface area contributed by atoms with Gasteiger partial charge in [0.1, 0.15) is 10.8 Å². The minimum atomic E-state index is -4.77. The Morgan fingerprint density at radius 1 is 1.10 bits per heavy atom.